The summed E-state index contributed by atoms with van der Waals surface area (Å²) >= 11 is 5.75. The summed E-state index contributed by atoms with van der Waals surface area (Å²) in [5.41, 5.74) is 3.00. The van der Waals surface area contributed by atoms with Crippen LogP contribution >= 0.6 is 11.6 Å². The number of anilines is 1. The molecule has 0 radical (unpaired) electrons. The van der Waals surface area contributed by atoms with Gasteiger partial charge in [0.2, 0.25) is 0 Å². The highest BCUT2D eigenvalue weighted by Gasteiger charge is 2.05. The summed E-state index contributed by atoms with van der Waals surface area (Å²) in [6, 6.07) is 12.3. The van der Waals surface area contributed by atoms with Crippen molar-refractivity contribution >= 4 is 23.4 Å². The second kappa shape index (κ2) is 5.76. The third-order valence-electron chi connectivity index (χ3n) is 2.78. The minimum Gasteiger partial charge on any atom is -0.410 e. The van der Waals surface area contributed by atoms with E-state index in [-0.39, 0.29) is 0 Å². The molecule has 0 heterocycles. The Morgan fingerprint density at radius 1 is 1.05 bits per heavy atom. The molecule has 2 aromatic carbocycles. The Morgan fingerprint density at radius 3 is 2.37 bits per heavy atom. The van der Waals surface area contributed by atoms with Gasteiger partial charge in [-0.05, 0) is 61.4 Å². The normalized spacial score (nSPS) is 10.1. The van der Waals surface area contributed by atoms with Gasteiger partial charge in [0.1, 0.15) is 5.75 Å². The van der Waals surface area contributed by atoms with Crippen molar-refractivity contribution in [1.29, 1.82) is 0 Å². The lowest BCUT2D eigenvalue weighted by Crippen LogP contribution is -2.16. The standard InChI is InChI=1S/C15H14ClNO2/c1-10-3-6-13(9-11(10)2)17-15(18)19-14-7-4-12(16)5-8-14/h3-9H,1-2H3,(H,17,18). The summed E-state index contributed by atoms with van der Waals surface area (Å²) in [4.78, 5) is 11.7. The molecular weight excluding hydrogens is 262 g/mol. The minimum atomic E-state index is -0.523. The SMILES string of the molecule is Cc1ccc(NC(=O)Oc2ccc(Cl)cc2)cc1C. The third kappa shape index (κ3) is 3.73. The van der Waals surface area contributed by atoms with Gasteiger partial charge in [0.15, 0.2) is 0 Å². The zero-order chi connectivity index (χ0) is 13.8. The van der Waals surface area contributed by atoms with Gasteiger partial charge in [-0.25, -0.2) is 4.79 Å². The molecule has 19 heavy (non-hydrogen) atoms. The Morgan fingerprint density at radius 2 is 1.74 bits per heavy atom. The molecule has 0 aromatic heterocycles. The Kier molecular flexibility index (Phi) is 4.07. The molecule has 0 fully saturated rings. The van der Waals surface area contributed by atoms with E-state index in [9.17, 15) is 4.79 Å². The van der Waals surface area contributed by atoms with Crippen LogP contribution in [0.4, 0.5) is 10.5 Å². The number of amides is 1. The second-order valence-corrected chi connectivity index (χ2v) is 4.70. The summed E-state index contributed by atoms with van der Waals surface area (Å²) in [6.45, 7) is 4.01. The first-order valence-corrected chi connectivity index (χ1v) is 6.24. The van der Waals surface area contributed by atoms with Crippen molar-refractivity contribution in [2.24, 2.45) is 0 Å². The van der Waals surface area contributed by atoms with E-state index < -0.39 is 6.09 Å². The van der Waals surface area contributed by atoms with Crippen molar-refractivity contribution in [3.63, 3.8) is 0 Å². The molecule has 98 valence electrons. The van der Waals surface area contributed by atoms with Gasteiger partial charge in [0.25, 0.3) is 0 Å². The fraction of sp³-hybridized carbons (Fsp3) is 0.133. The summed E-state index contributed by atoms with van der Waals surface area (Å²) < 4.78 is 5.13. The van der Waals surface area contributed by atoms with Crippen molar-refractivity contribution < 1.29 is 9.53 Å². The molecule has 2 aromatic rings. The molecule has 0 atom stereocenters. The van der Waals surface area contributed by atoms with E-state index in [1.807, 2.05) is 32.0 Å². The van der Waals surface area contributed by atoms with Crippen LogP contribution in [0.5, 0.6) is 5.75 Å². The second-order valence-electron chi connectivity index (χ2n) is 4.27. The van der Waals surface area contributed by atoms with E-state index in [1.54, 1.807) is 24.3 Å². The minimum absolute atomic E-state index is 0.450. The van der Waals surface area contributed by atoms with E-state index >= 15 is 0 Å². The zero-order valence-electron chi connectivity index (χ0n) is 10.7. The summed E-state index contributed by atoms with van der Waals surface area (Å²) in [7, 11) is 0. The molecule has 0 unspecified atom stereocenters. The maximum Gasteiger partial charge on any atom is 0.417 e. The number of ether oxygens (including phenoxy) is 1. The number of nitrogens with one attached hydrogen (secondary N) is 1. The van der Waals surface area contributed by atoms with Gasteiger partial charge in [-0.15, -0.1) is 0 Å². The van der Waals surface area contributed by atoms with Gasteiger partial charge >= 0.3 is 6.09 Å². The number of hydrogen-bond acceptors (Lipinski definition) is 2. The maximum atomic E-state index is 11.7. The van der Waals surface area contributed by atoms with Gasteiger partial charge < -0.3 is 4.74 Å². The highest BCUT2D eigenvalue weighted by atomic mass is 35.5. The molecule has 0 aliphatic rings. The summed E-state index contributed by atoms with van der Waals surface area (Å²) in [5.74, 6) is 0.450. The Labute approximate surface area is 117 Å². The van der Waals surface area contributed by atoms with Crippen molar-refractivity contribution in [1.82, 2.24) is 0 Å². The third-order valence-corrected chi connectivity index (χ3v) is 3.03. The molecule has 0 bridgehead atoms. The molecule has 0 aliphatic heterocycles. The number of aryl methyl sites for hydroxylation is 2. The van der Waals surface area contributed by atoms with Crippen LogP contribution in [-0.4, -0.2) is 6.09 Å². The van der Waals surface area contributed by atoms with Crippen molar-refractivity contribution in [2.45, 2.75) is 13.8 Å². The first kappa shape index (κ1) is 13.4. The summed E-state index contributed by atoms with van der Waals surface area (Å²) in [6.07, 6.45) is -0.523. The predicted octanol–water partition coefficient (Wildman–Crippen LogP) is 4.57. The lowest BCUT2D eigenvalue weighted by molar-refractivity contribution is 0.215. The fourth-order valence-corrected chi connectivity index (χ4v) is 1.70. The van der Waals surface area contributed by atoms with Crippen molar-refractivity contribution in [3.8, 4) is 5.75 Å². The lowest BCUT2D eigenvalue weighted by atomic mass is 10.1. The number of benzene rings is 2. The highest BCUT2D eigenvalue weighted by molar-refractivity contribution is 6.30. The highest BCUT2D eigenvalue weighted by Crippen LogP contribution is 2.17. The van der Waals surface area contributed by atoms with E-state index in [2.05, 4.69) is 5.32 Å². The Balaban J connectivity index is 2.01. The number of halogens is 1. The monoisotopic (exact) mass is 275 g/mol. The van der Waals surface area contributed by atoms with Crippen LogP contribution in [0.25, 0.3) is 0 Å². The first-order valence-electron chi connectivity index (χ1n) is 5.86. The number of rotatable bonds is 2. The summed E-state index contributed by atoms with van der Waals surface area (Å²) in [5, 5.41) is 3.28. The molecule has 1 amide bonds. The van der Waals surface area contributed by atoms with E-state index in [0.29, 0.717) is 16.5 Å². The van der Waals surface area contributed by atoms with Crippen molar-refractivity contribution in [3.05, 3.63) is 58.6 Å². The molecule has 0 spiro atoms. The zero-order valence-corrected chi connectivity index (χ0v) is 11.5. The van der Waals surface area contributed by atoms with Gasteiger partial charge in [0, 0.05) is 10.7 Å². The van der Waals surface area contributed by atoms with E-state index in [0.717, 1.165) is 5.56 Å². The molecule has 0 saturated carbocycles. The van der Waals surface area contributed by atoms with Gasteiger partial charge in [-0.1, -0.05) is 17.7 Å². The van der Waals surface area contributed by atoms with Gasteiger partial charge in [0.05, 0.1) is 0 Å². The lowest BCUT2D eigenvalue weighted by Gasteiger charge is -2.08. The number of carbonyl (C=O) groups excluding carboxylic acids is 1. The van der Waals surface area contributed by atoms with Crippen LogP contribution < -0.4 is 10.1 Å². The average Bonchev–Trinajstić information content (AvgIpc) is 2.37. The number of hydrogen-bond donors (Lipinski definition) is 1. The van der Waals surface area contributed by atoms with Crippen LogP contribution in [0.1, 0.15) is 11.1 Å². The first-order chi connectivity index (χ1) is 9.04. The Hall–Kier alpha value is -2.00. The van der Waals surface area contributed by atoms with Crippen LogP contribution in [0.2, 0.25) is 5.02 Å². The maximum absolute atomic E-state index is 11.7. The molecule has 0 saturated heterocycles. The van der Waals surface area contributed by atoms with Crippen LogP contribution in [0.3, 0.4) is 0 Å². The van der Waals surface area contributed by atoms with E-state index in [1.165, 1.54) is 5.56 Å². The van der Waals surface area contributed by atoms with Crippen LogP contribution in [0.15, 0.2) is 42.5 Å². The molecule has 1 N–H and O–H groups in total. The molecule has 2 rings (SSSR count). The molecule has 4 heteroatoms. The van der Waals surface area contributed by atoms with Crippen LogP contribution in [0, 0.1) is 13.8 Å². The molecule has 3 nitrogen and oxygen atoms in total. The fourth-order valence-electron chi connectivity index (χ4n) is 1.57. The predicted molar refractivity (Wildman–Crippen MR) is 77.0 cm³/mol. The van der Waals surface area contributed by atoms with Crippen molar-refractivity contribution in [2.75, 3.05) is 5.32 Å². The molecular formula is C15H14ClNO2. The number of carbonyl (C=O) groups is 1. The molecule has 0 aliphatic carbocycles. The topological polar surface area (TPSA) is 38.3 Å². The van der Waals surface area contributed by atoms with Gasteiger partial charge in [-0.3, -0.25) is 5.32 Å². The quantitative estimate of drug-likeness (QED) is 0.872. The Bertz CT molecular complexity index is 594. The van der Waals surface area contributed by atoms with Gasteiger partial charge in [-0.2, -0.15) is 0 Å². The van der Waals surface area contributed by atoms with E-state index in [4.69, 9.17) is 16.3 Å². The largest absolute Gasteiger partial charge is 0.417 e. The smallest absolute Gasteiger partial charge is 0.410 e. The van der Waals surface area contributed by atoms with Crippen LogP contribution in [-0.2, 0) is 0 Å². The average molecular weight is 276 g/mol.